The van der Waals surface area contributed by atoms with Gasteiger partial charge in [-0.25, -0.2) is 4.79 Å². The molecule has 2 saturated heterocycles. The third-order valence-electron chi connectivity index (χ3n) is 5.16. The van der Waals surface area contributed by atoms with E-state index in [1.54, 1.807) is 0 Å². The third-order valence-corrected chi connectivity index (χ3v) is 5.16. The monoisotopic (exact) mass is 340 g/mol. The molecule has 0 aromatic rings. The molecule has 2 N–H and O–H groups in total. The first-order valence-corrected chi connectivity index (χ1v) is 9.23. The Labute approximate surface area is 147 Å². The number of nitrogens with zero attached hydrogens (tertiary/aromatic N) is 2. The number of ether oxygens (including phenoxy) is 1. The number of carbonyl (C=O) groups is 1. The molecule has 0 saturated carbocycles. The van der Waals surface area contributed by atoms with Gasteiger partial charge in [-0.15, -0.1) is 0 Å². The average molecular weight is 341 g/mol. The Morgan fingerprint density at radius 2 is 1.83 bits per heavy atom. The first-order chi connectivity index (χ1) is 11.1. The van der Waals surface area contributed by atoms with E-state index in [0.717, 1.165) is 39.1 Å². The first kappa shape index (κ1) is 19.5. The Kier molecular flexibility index (Phi) is 6.15. The van der Waals surface area contributed by atoms with Crippen LogP contribution in [0, 0.1) is 5.92 Å². The number of hydrogen-bond donors (Lipinski definition) is 2. The van der Waals surface area contributed by atoms with Crippen molar-refractivity contribution in [1.82, 2.24) is 20.4 Å². The van der Waals surface area contributed by atoms with E-state index in [-0.39, 0.29) is 23.3 Å². The van der Waals surface area contributed by atoms with Crippen molar-refractivity contribution in [2.24, 2.45) is 5.92 Å². The van der Waals surface area contributed by atoms with Gasteiger partial charge in [-0.2, -0.15) is 0 Å². The number of piperazine rings is 1. The molecule has 2 fully saturated rings. The van der Waals surface area contributed by atoms with Gasteiger partial charge in [0, 0.05) is 39.3 Å². The quantitative estimate of drug-likeness (QED) is 0.797. The van der Waals surface area contributed by atoms with Crippen LogP contribution in [-0.2, 0) is 4.74 Å². The van der Waals surface area contributed by atoms with Crippen LogP contribution in [-0.4, -0.2) is 79.4 Å². The maximum absolute atomic E-state index is 12.2. The minimum Gasteiger partial charge on any atom is -0.367 e. The number of nitrogens with one attached hydrogen (secondary N) is 2. The summed E-state index contributed by atoms with van der Waals surface area (Å²) in [6.07, 6.45) is 0.838. The van der Waals surface area contributed by atoms with Crippen molar-refractivity contribution in [1.29, 1.82) is 0 Å². The lowest BCUT2D eigenvalue weighted by Gasteiger charge is -2.34. The van der Waals surface area contributed by atoms with Gasteiger partial charge in [-0.3, -0.25) is 0 Å². The number of hydrogen-bond acceptors (Lipinski definition) is 4. The van der Waals surface area contributed by atoms with Crippen LogP contribution in [0.1, 0.15) is 41.0 Å². The predicted molar refractivity (Wildman–Crippen MR) is 97.3 cm³/mol. The predicted octanol–water partition coefficient (Wildman–Crippen LogP) is 1.52. The molecule has 2 aliphatic heterocycles. The smallest absolute Gasteiger partial charge is 0.315 e. The van der Waals surface area contributed by atoms with E-state index in [4.69, 9.17) is 4.74 Å². The van der Waals surface area contributed by atoms with Gasteiger partial charge in [0.1, 0.15) is 0 Å². The van der Waals surface area contributed by atoms with E-state index in [1.807, 2.05) is 13.8 Å². The van der Waals surface area contributed by atoms with Crippen LogP contribution in [0.25, 0.3) is 0 Å². The molecule has 6 nitrogen and oxygen atoms in total. The fraction of sp³-hybridized carbons (Fsp3) is 0.944. The zero-order chi connectivity index (χ0) is 18.0. The lowest BCUT2D eigenvalue weighted by Crippen LogP contribution is -2.51. The summed E-state index contributed by atoms with van der Waals surface area (Å²) in [7, 11) is 2.17. The molecule has 0 aromatic heterocycles. The minimum atomic E-state index is -0.327. The molecule has 2 amide bonds. The second kappa shape index (κ2) is 7.58. The molecule has 0 radical (unpaired) electrons. The molecule has 2 heterocycles. The van der Waals surface area contributed by atoms with E-state index in [0.29, 0.717) is 12.5 Å². The summed E-state index contributed by atoms with van der Waals surface area (Å²) >= 11 is 0. The zero-order valence-corrected chi connectivity index (χ0v) is 16.3. The molecule has 0 aromatic carbocycles. The SMILES string of the molecule is C[C@H](CNC(=O)N[C@@H]1CC(C)(C)OC1(C)C)CN1CCN(C)CC1. The second-order valence-corrected chi connectivity index (χ2v) is 8.79. The summed E-state index contributed by atoms with van der Waals surface area (Å²) in [5.41, 5.74) is -0.511. The Hall–Kier alpha value is -0.850. The van der Waals surface area contributed by atoms with E-state index in [9.17, 15) is 4.79 Å². The fourth-order valence-electron chi connectivity index (χ4n) is 3.80. The van der Waals surface area contributed by atoms with E-state index in [2.05, 4.69) is 48.3 Å². The molecule has 0 aliphatic carbocycles. The van der Waals surface area contributed by atoms with Gasteiger partial charge in [0.05, 0.1) is 17.2 Å². The van der Waals surface area contributed by atoms with Gasteiger partial charge in [-0.05, 0) is 47.1 Å². The van der Waals surface area contributed by atoms with Gasteiger partial charge in [0.15, 0.2) is 0 Å². The summed E-state index contributed by atoms with van der Waals surface area (Å²) in [6, 6.07) is -0.0416. The van der Waals surface area contributed by atoms with Crippen LogP contribution in [0.5, 0.6) is 0 Å². The van der Waals surface area contributed by atoms with Crippen molar-refractivity contribution in [3.8, 4) is 0 Å². The van der Waals surface area contributed by atoms with Gasteiger partial charge in [0.25, 0.3) is 0 Å². The van der Waals surface area contributed by atoms with Gasteiger partial charge < -0.3 is 25.2 Å². The lowest BCUT2D eigenvalue weighted by molar-refractivity contribution is -0.0690. The molecule has 0 spiro atoms. The van der Waals surface area contributed by atoms with Crippen LogP contribution in [0.15, 0.2) is 0 Å². The van der Waals surface area contributed by atoms with Crippen molar-refractivity contribution >= 4 is 6.03 Å². The highest BCUT2D eigenvalue weighted by Gasteiger charge is 2.46. The normalized spacial score (nSPS) is 28.5. The Morgan fingerprint density at radius 3 is 2.38 bits per heavy atom. The topological polar surface area (TPSA) is 56.8 Å². The van der Waals surface area contributed by atoms with Crippen molar-refractivity contribution in [3.05, 3.63) is 0 Å². The average Bonchev–Trinajstić information content (AvgIpc) is 2.66. The van der Waals surface area contributed by atoms with Gasteiger partial charge >= 0.3 is 6.03 Å². The first-order valence-electron chi connectivity index (χ1n) is 9.23. The molecule has 0 unspecified atom stereocenters. The van der Waals surface area contributed by atoms with Gasteiger partial charge in [-0.1, -0.05) is 6.92 Å². The van der Waals surface area contributed by atoms with E-state index < -0.39 is 0 Å². The van der Waals surface area contributed by atoms with Crippen molar-refractivity contribution in [2.45, 2.75) is 58.3 Å². The molecule has 0 bridgehead atoms. The number of rotatable bonds is 5. The minimum absolute atomic E-state index is 0.0421. The number of carbonyl (C=O) groups excluding carboxylic acids is 1. The highest BCUT2D eigenvalue weighted by molar-refractivity contribution is 5.74. The summed E-state index contributed by atoms with van der Waals surface area (Å²) < 4.78 is 6.03. The molecular formula is C18H36N4O2. The van der Waals surface area contributed by atoms with Crippen LogP contribution in [0.2, 0.25) is 0 Å². The summed E-state index contributed by atoms with van der Waals surface area (Å²) in [5, 5.41) is 6.12. The maximum Gasteiger partial charge on any atom is 0.315 e. The molecule has 6 heteroatoms. The van der Waals surface area contributed by atoms with E-state index in [1.165, 1.54) is 0 Å². The Bertz CT molecular complexity index is 431. The fourth-order valence-corrected chi connectivity index (χ4v) is 3.80. The molecule has 140 valence electrons. The summed E-state index contributed by atoms with van der Waals surface area (Å²) in [4.78, 5) is 17.1. The molecule has 2 rings (SSSR count). The highest BCUT2D eigenvalue weighted by Crippen LogP contribution is 2.37. The lowest BCUT2D eigenvalue weighted by atomic mass is 9.95. The van der Waals surface area contributed by atoms with Crippen molar-refractivity contribution in [2.75, 3.05) is 46.3 Å². The Morgan fingerprint density at radius 1 is 1.21 bits per heavy atom. The number of likely N-dealkylation sites (N-methyl/N-ethyl adjacent to an activating group) is 1. The van der Waals surface area contributed by atoms with Crippen LogP contribution in [0.3, 0.4) is 0 Å². The van der Waals surface area contributed by atoms with Gasteiger partial charge in [0.2, 0.25) is 0 Å². The molecule has 2 atom stereocenters. The van der Waals surface area contributed by atoms with Crippen LogP contribution >= 0.6 is 0 Å². The van der Waals surface area contributed by atoms with Crippen molar-refractivity contribution in [3.63, 3.8) is 0 Å². The number of urea groups is 1. The second-order valence-electron chi connectivity index (χ2n) is 8.79. The largest absolute Gasteiger partial charge is 0.367 e. The maximum atomic E-state index is 12.2. The Balaban J connectivity index is 1.69. The van der Waals surface area contributed by atoms with Crippen LogP contribution in [0.4, 0.5) is 4.79 Å². The number of amides is 2. The third kappa shape index (κ3) is 5.60. The molecular weight excluding hydrogens is 304 g/mol. The zero-order valence-electron chi connectivity index (χ0n) is 16.3. The van der Waals surface area contributed by atoms with Crippen LogP contribution < -0.4 is 10.6 Å². The molecule has 24 heavy (non-hydrogen) atoms. The molecule has 2 aliphatic rings. The summed E-state index contributed by atoms with van der Waals surface area (Å²) in [6.45, 7) is 16.7. The highest BCUT2D eigenvalue weighted by atomic mass is 16.5. The van der Waals surface area contributed by atoms with E-state index >= 15 is 0 Å². The summed E-state index contributed by atoms with van der Waals surface area (Å²) in [5.74, 6) is 0.448. The van der Waals surface area contributed by atoms with Crippen molar-refractivity contribution < 1.29 is 9.53 Å². The standard InChI is InChI=1S/C18H36N4O2/c1-14(13-22-9-7-21(6)8-10-22)12-19-16(23)20-15-11-17(2,3)24-18(15,4)5/h14-15H,7-13H2,1-6H3,(H2,19,20,23)/t14-,15-/m1/s1.